The highest BCUT2D eigenvalue weighted by atomic mass is 16.5. The van der Waals surface area contributed by atoms with Gasteiger partial charge in [0.1, 0.15) is 0 Å². The van der Waals surface area contributed by atoms with E-state index in [1.807, 2.05) is 7.05 Å². The number of hydrogen-bond donors (Lipinski definition) is 2. The Morgan fingerprint density at radius 2 is 2.27 bits per heavy atom. The molecule has 15 heavy (non-hydrogen) atoms. The quantitative estimate of drug-likeness (QED) is 0.725. The highest BCUT2D eigenvalue weighted by Gasteiger charge is 2.02. The van der Waals surface area contributed by atoms with Crippen LogP contribution in [0.3, 0.4) is 0 Å². The van der Waals surface area contributed by atoms with Gasteiger partial charge in [-0.05, 0) is 19.5 Å². The van der Waals surface area contributed by atoms with Crippen LogP contribution in [0.2, 0.25) is 0 Å². The van der Waals surface area contributed by atoms with E-state index in [1.165, 1.54) is 0 Å². The first-order valence-corrected chi connectivity index (χ1v) is 5.01. The van der Waals surface area contributed by atoms with E-state index in [9.17, 15) is 0 Å². The monoisotopic (exact) mass is 210 g/mol. The van der Waals surface area contributed by atoms with Gasteiger partial charge in [0.25, 0.3) is 0 Å². The summed E-state index contributed by atoms with van der Waals surface area (Å²) in [6.07, 6.45) is 1.68. The fourth-order valence-corrected chi connectivity index (χ4v) is 1.23. The molecule has 2 N–H and O–H groups in total. The maximum Gasteiger partial charge on any atom is 0.225 e. The lowest BCUT2D eigenvalue weighted by atomic mass is 10.2. The Morgan fingerprint density at radius 3 is 2.93 bits per heavy atom. The van der Waals surface area contributed by atoms with Gasteiger partial charge in [0.2, 0.25) is 11.8 Å². The molecule has 1 atom stereocenters. The number of aromatic nitrogens is 2. The molecule has 0 aromatic carbocycles. The van der Waals surface area contributed by atoms with Crippen molar-refractivity contribution >= 4 is 5.95 Å². The van der Waals surface area contributed by atoms with Gasteiger partial charge in [0.15, 0.2) is 0 Å². The van der Waals surface area contributed by atoms with Gasteiger partial charge >= 0.3 is 0 Å². The Kier molecular flexibility index (Phi) is 4.83. The van der Waals surface area contributed by atoms with E-state index in [-0.39, 0.29) is 0 Å². The van der Waals surface area contributed by atoms with Crippen molar-refractivity contribution in [2.75, 3.05) is 32.6 Å². The summed E-state index contributed by atoms with van der Waals surface area (Å²) in [5.74, 6) is 1.72. The van der Waals surface area contributed by atoms with Crippen LogP contribution in [0, 0.1) is 5.92 Å². The minimum absolute atomic E-state index is 0.532. The summed E-state index contributed by atoms with van der Waals surface area (Å²) in [5.41, 5.74) is 0. The lowest BCUT2D eigenvalue weighted by molar-refractivity contribution is 0.397. The first-order chi connectivity index (χ1) is 7.26. The Labute approximate surface area is 90.3 Å². The van der Waals surface area contributed by atoms with Crippen molar-refractivity contribution in [3.8, 4) is 5.88 Å². The second-order valence-corrected chi connectivity index (χ2v) is 3.47. The van der Waals surface area contributed by atoms with E-state index >= 15 is 0 Å². The highest BCUT2D eigenvalue weighted by Crippen LogP contribution is 2.07. The average molecular weight is 210 g/mol. The molecule has 84 valence electrons. The topological polar surface area (TPSA) is 59.1 Å². The van der Waals surface area contributed by atoms with Crippen LogP contribution in [0.5, 0.6) is 5.88 Å². The second kappa shape index (κ2) is 6.19. The predicted molar refractivity (Wildman–Crippen MR) is 60.2 cm³/mol. The first kappa shape index (κ1) is 11.7. The number of anilines is 1. The number of rotatable bonds is 6. The van der Waals surface area contributed by atoms with Crippen LogP contribution >= 0.6 is 0 Å². The van der Waals surface area contributed by atoms with E-state index in [1.54, 1.807) is 19.4 Å². The zero-order valence-electron chi connectivity index (χ0n) is 9.45. The number of nitrogens with zero attached hydrogens (tertiary/aromatic N) is 2. The number of methoxy groups -OCH3 is 1. The van der Waals surface area contributed by atoms with Crippen LogP contribution in [0.25, 0.3) is 0 Å². The molecule has 5 nitrogen and oxygen atoms in total. The summed E-state index contributed by atoms with van der Waals surface area (Å²) in [6.45, 7) is 3.97. The summed E-state index contributed by atoms with van der Waals surface area (Å²) in [6, 6.07) is 1.72. The van der Waals surface area contributed by atoms with Gasteiger partial charge in [0, 0.05) is 18.8 Å². The van der Waals surface area contributed by atoms with Gasteiger partial charge in [-0.25, -0.2) is 4.98 Å². The predicted octanol–water partition coefficient (Wildman–Crippen LogP) is 0.753. The van der Waals surface area contributed by atoms with Crippen molar-refractivity contribution in [3.63, 3.8) is 0 Å². The average Bonchev–Trinajstić information content (AvgIpc) is 2.27. The van der Waals surface area contributed by atoms with Crippen molar-refractivity contribution in [2.24, 2.45) is 5.92 Å². The minimum Gasteiger partial charge on any atom is -0.481 e. The van der Waals surface area contributed by atoms with E-state index in [0.717, 1.165) is 13.1 Å². The molecule has 0 bridgehead atoms. The molecule has 0 aliphatic carbocycles. The molecule has 0 saturated heterocycles. The normalized spacial score (nSPS) is 12.2. The first-order valence-electron chi connectivity index (χ1n) is 5.01. The highest BCUT2D eigenvalue weighted by molar-refractivity contribution is 5.27. The van der Waals surface area contributed by atoms with Gasteiger partial charge in [0.05, 0.1) is 7.11 Å². The molecule has 1 aromatic heterocycles. The van der Waals surface area contributed by atoms with E-state index in [0.29, 0.717) is 17.7 Å². The lowest BCUT2D eigenvalue weighted by Crippen LogP contribution is -2.23. The number of nitrogens with one attached hydrogen (secondary N) is 2. The van der Waals surface area contributed by atoms with Crippen molar-refractivity contribution in [2.45, 2.75) is 6.92 Å². The summed E-state index contributed by atoms with van der Waals surface area (Å²) in [7, 11) is 3.54. The maximum absolute atomic E-state index is 5.01. The minimum atomic E-state index is 0.532. The number of hydrogen-bond acceptors (Lipinski definition) is 5. The number of ether oxygens (including phenoxy) is 1. The fraction of sp³-hybridized carbons (Fsp3) is 0.600. The fourth-order valence-electron chi connectivity index (χ4n) is 1.23. The van der Waals surface area contributed by atoms with Gasteiger partial charge in [-0.1, -0.05) is 6.92 Å². The summed E-state index contributed by atoms with van der Waals surface area (Å²) in [5, 5.41) is 6.28. The molecule has 0 amide bonds. The van der Waals surface area contributed by atoms with E-state index < -0.39 is 0 Å². The summed E-state index contributed by atoms with van der Waals surface area (Å²) < 4.78 is 5.01. The van der Waals surface area contributed by atoms with Crippen molar-refractivity contribution in [1.29, 1.82) is 0 Å². The van der Waals surface area contributed by atoms with Crippen LogP contribution < -0.4 is 15.4 Å². The maximum atomic E-state index is 5.01. The van der Waals surface area contributed by atoms with Crippen LogP contribution in [0.4, 0.5) is 5.95 Å². The molecule has 1 rings (SSSR count). The third kappa shape index (κ3) is 4.12. The third-order valence-electron chi connectivity index (χ3n) is 2.00. The lowest BCUT2D eigenvalue weighted by Gasteiger charge is -2.11. The smallest absolute Gasteiger partial charge is 0.225 e. The van der Waals surface area contributed by atoms with Crippen LogP contribution in [-0.4, -0.2) is 37.2 Å². The largest absolute Gasteiger partial charge is 0.481 e. The third-order valence-corrected chi connectivity index (χ3v) is 2.00. The molecule has 0 aliphatic rings. The van der Waals surface area contributed by atoms with E-state index in [4.69, 9.17) is 4.74 Å². The van der Waals surface area contributed by atoms with Crippen LogP contribution in [0.15, 0.2) is 12.3 Å². The molecule has 0 saturated carbocycles. The molecule has 1 aromatic rings. The van der Waals surface area contributed by atoms with Crippen molar-refractivity contribution in [1.82, 2.24) is 15.3 Å². The van der Waals surface area contributed by atoms with Gasteiger partial charge in [-0.15, -0.1) is 0 Å². The van der Waals surface area contributed by atoms with Crippen LogP contribution in [-0.2, 0) is 0 Å². The van der Waals surface area contributed by atoms with Gasteiger partial charge in [-0.2, -0.15) is 4.98 Å². The molecule has 0 radical (unpaired) electrons. The molecule has 0 spiro atoms. The SMILES string of the molecule is CNCC(C)CNc1nccc(OC)n1. The molecular formula is C10H18N4O. The van der Waals surface area contributed by atoms with Gasteiger partial charge in [-0.3, -0.25) is 0 Å². The van der Waals surface area contributed by atoms with Crippen molar-refractivity contribution in [3.05, 3.63) is 12.3 Å². The Morgan fingerprint density at radius 1 is 1.47 bits per heavy atom. The van der Waals surface area contributed by atoms with Gasteiger partial charge < -0.3 is 15.4 Å². The molecule has 5 heteroatoms. The molecule has 1 heterocycles. The molecule has 1 unspecified atom stereocenters. The summed E-state index contributed by atoms with van der Waals surface area (Å²) >= 11 is 0. The van der Waals surface area contributed by atoms with Crippen LogP contribution in [0.1, 0.15) is 6.92 Å². The Hall–Kier alpha value is -1.36. The molecule has 0 fully saturated rings. The zero-order chi connectivity index (χ0) is 11.1. The molecular weight excluding hydrogens is 192 g/mol. The Bertz CT molecular complexity index is 293. The molecule has 0 aliphatic heterocycles. The zero-order valence-corrected chi connectivity index (χ0v) is 9.45. The second-order valence-electron chi connectivity index (χ2n) is 3.47. The van der Waals surface area contributed by atoms with E-state index in [2.05, 4.69) is 27.5 Å². The summed E-state index contributed by atoms with van der Waals surface area (Å²) in [4.78, 5) is 8.26. The Balaban J connectivity index is 2.43. The van der Waals surface area contributed by atoms with Crippen molar-refractivity contribution < 1.29 is 4.74 Å². The standard InChI is InChI=1S/C10H18N4O/c1-8(6-11-2)7-13-10-12-5-4-9(14-10)15-3/h4-5,8,11H,6-7H2,1-3H3,(H,12,13,14).